The fraction of sp³-hybridized carbons (Fsp3) is 0.371. The Balaban J connectivity index is 1.05. The number of carbonyl (C=O) groups is 1. The van der Waals surface area contributed by atoms with Crippen LogP contribution in [0.25, 0.3) is 0 Å². The van der Waals surface area contributed by atoms with Gasteiger partial charge in [-0.2, -0.15) is 15.0 Å². The van der Waals surface area contributed by atoms with Gasteiger partial charge in [-0.15, -0.1) is 0 Å². The molecule has 3 aromatic carbocycles. The first-order valence-electron chi connectivity index (χ1n) is 15.8. The molecule has 0 spiro atoms. The Morgan fingerprint density at radius 3 is 1.80 bits per heavy atom. The predicted molar refractivity (Wildman–Crippen MR) is 178 cm³/mol. The quantitative estimate of drug-likeness (QED) is 0.134. The molecule has 0 radical (unpaired) electrons. The molecule has 1 fully saturated rings. The fourth-order valence-corrected chi connectivity index (χ4v) is 5.29. The molecule has 1 amide bonds. The molecule has 0 bridgehead atoms. The Labute approximate surface area is 265 Å². The zero-order chi connectivity index (χ0) is 30.9. The molecule has 2 heterocycles. The second-order valence-electron chi connectivity index (χ2n) is 10.8. The molecule has 1 saturated heterocycles. The van der Waals surface area contributed by atoms with Crippen LogP contribution in [-0.4, -0.2) is 80.0 Å². The summed E-state index contributed by atoms with van der Waals surface area (Å²) in [6, 6.07) is 30.4. The second-order valence-corrected chi connectivity index (χ2v) is 10.8. The van der Waals surface area contributed by atoms with E-state index in [1.54, 1.807) is 12.1 Å². The third kappa shape index (κ3) is 10.3. The summed E-state index contributed by atoms with van der Waals surface area (Å²) in [5.41, 5.74) is 3.23. The van der Waals surface area contributed by atoms with Gasteiger partial charge < -0.3 is 30.3 Å². The van der Waals surface area contributed by atoms with Crippen molar-refractivity contribution >= 4 is 23.8 Å². The Morgan fingerprint density at radius 1 is 0.667 bits per heavy atom. The van der Waals surface area contributed by atoms with Crippen LogP contribution in [-0.2, 0) is 9.47 Å². The Kier molecular flexibility index (Phi) is 12.5. The number of amides is 1. The fourth-order valence-electron chi connectivity index (χ4n) is 5.29. The molecule has 0 atom stereocenters. The average Bonchev–Trinajstić information content (AvgIpc) is 3.64. The first kappa shape index (κ1) is 31.9. The molecule has 1 aromatic heterocycles. The summed E-state index contributed by atoms with van der Waals surface area (Å²) < 4.78 is 11.3. The van der Waals surface area contributed by atoms with E-state index in [9.17, 15) is 4.79 Å². The van der Waals surface area contributed by atoms with Crippen LogP contribution in [0, 0.1) is 0 Å². The summed E-state index contributed by atoms with van der Waals surface area (Å²) in [5, 5.41) is 9.61. The highest BCUT2D eigenvalue weighted by atomic mass is 16.5. The topological polar surface area (TPSA) is 114 Å². The van der Waals surface area contributed by atoms with E-state index in [-0.39, 0.29) is 11.8 Å². The summed E-state index contributed by atoms with van der Waals surface area (Å²) >= 11 is 0. The van der Waals surface area contributed by atoms with Crippen molar-refractivity contribution < 1.29 is 14.3 Å². The number of hydrogen-bond acceptors (Lipinski definition) is 9. The first-order valence-corrected chi connectivity index (χ1v) is 15.8. The third-order valence-corrected chi connectivity index (χ3v) is 7.60. The second kappa shape index (κ2) is 17.7. The first-order chi connectivity index (χ1) is 22.3. The van der Waals surface area contributed by atoms with E-state index < -0.39 is 0 Å². The standard InChI is InChI=1S/C35H43N7O3/c43-32(30-16-8-3-9-17-30)36-20-24-44-26-27-45-25-21-38-34-39-33(40-35(41-34)42-22-10-11-23-42)37-19-18-31(28-12-4-1-5-13-28)29-14-6-2-7-15-29/h1-9,12-17,31H,10-11,18-27H2,(H,36,43)(H2,37,38,39,40,41). The largest absolute Gasteiger partial charge is 0.377 e. The molecule has 10 heteroatoms. The van der Waals surface area contributed by atoms with Gasteiger partial charge in [0.1, 0.15) is 0 Å². The SMILES string of the molecule is O=C(NCCOCCOCCNc1nc(NCCC(c2ccccc2)c2ccccc2)nc(N2CCCC2)n1)c1ccccc1. The number of aromatic nitrogens is 3. The highest BCUT2D eigenvalue weighted by Crippen LogP contribution is 2.28. The molecule has 0 unspecified atom stereocenters. The van der Waals surface area contributed by atoms with E-state index in [2.05, 4.69) is 86.5 Å². The van der Waals surface area contributed by atoms with Crippen LogP contribution < -0.4 is 20.9 Å². The van der Waals surface area contributed by atoms with Gasteiger partial charge >= 0.3 is 0 Å². The molecule has 236 valence electrons. The number of hydrogen-bond donors (Lipinski definition) is 3. The van der Waals surface area contributed by atoms with Crippen molar-refractivity contribution in [1.82, 2.24) is 20.3 Å². The molecule has 45 heavy (non-hydrogen) atoms. The van der Waals surface area contributed by atoms with E-state index in [0.29, 0.717) is 62.9 Å². The van der Waals surface area contributed by atoms with Crippen molar-refractivity contribution in [2.24, 2.45) is 0 Å². The van der Waals surface area contributed by atoms with Gasteiger partial charge in [0.15, 0.2) is 0 Å². The van der Waals surface area contributed by atoms with Crippen LogP contribution in [0.5, 0.6) is 0 Å². The Morgan fingerprint density at radius 2 is 1.20 bits per heavy atom. The number of nitrogens with one attached hydrogen (secondary N) is 3. The van der Waals surface area contributed by atoms with Crippen molar-refractivity contribution in [1.29, 1.82) is 0 Å². The number of anilines is 3. The maximum atomic E-state index is 12.1. The van der Waals surface area contributed by atoms with E-state index in [0.717, 1.165) is 38.9 Å². The molecule has 1 aliphatic rings. The molecule has 1 aliphatic heterocycles. The van der Waals surface area contributed by atoms with Gasteiger partial charge in [-0.1, -0.05) is 78.9 Å². The van der Waals surface area contributed by atoms with Gasteiger partial charge in [0.25, 0.3) is 5.91 Å². The number of ether oxygens (including phenoxy) is 2. The summed E-state index contributed by atoms with van der Waals surface area (Å²) in [6.45, 7) is 5.45. The molecular formula is C35H43N7O3. The van der Waals surface area contributed by atoms with Gasteiger partial charge in [-0.05, 0) is 42.5 Å². The minimum Gasteiger partial charge on any atom is -0.377 e. The summed E-state index contributed by atoms with van der Waals surface area (Å²) in [5.74, 6) is 1.97. The van der Waals surface area contributed by atoms with E-state index in [1.807, 2.05) is 18.2 Å². The lowest BCUT2D eigenvalue weighted by molar-refractivity contribution is 0.0519. The number of carbonyl (C=O) groups excluding carboxylic acids is 1. The minimum absolute atomic E-state index is 0.102. The van der Waals surface area contributed by atoms with Crippen LogP contribution >= 0.6 is 0 Å². The Hall–Kier alpha value is -4.54. The smallest absolute Gasteiger partial charge is 0.251 e. The van der Waals surface area contributed by atoms with Gasteiger partial charge in [-0.25, -0.2) is 0 Å². The zero-order valence-electron chi connectivity index (χ0n) is 25.7. The molecule has 0 saturated carbocycles. The molecule has 4 aromatic rings. The van der Waals surface area contributed by atoms with Crippen LogP contribution in [0.2, 0.25) is 0 Å². The van der Waals surface area contributed by atoms with E-state index in [4.69, 9.17) is 19.4 Å². The zero-order valence-corrected chi connectivity index (χ0v) is 25.7. The van der Waals surface area contributed by atoms with Crippen LogP contribution in [0.15, 0.2) is 91.0 Å². The van der Waals surface area contributed by atoms with Crippen LogP contribution in [0.3, 0.4) is 0 Å². The number of nitrogens with zero attached hydrogens (tertiary/aromatic N) is 4. The van der Waals surface area contributed by atoms with Gasteiger partial charge in [0.05, 0.1) is 26.4 Å². The number of benzene rings is 3. The summed E-state index contributed by atoms with van der Waals surface area (Å²) in [4.78, 5) is 28.4. The summed E-state index contributed by atoms with van der Waals surface area (Å²) in [6.07, 6.45) is 3.18. The van der Waals surface area contributed by atoms with Crippen molar-refractivity contribution in [3.8, 4) is 0 Å². The van der Waals surface area contributed by atoms with Crippen molar-refractivity contribution in [2.45, 2.75) is 25.2 Å². The molecule has 3 N–H and O–H groups in total. The lowest BCUT2D eigenvalue weighted by Crippen LogP contribution is -2.27. The molecule has 10 nitrogen and oxygen atoms in total. The van der Waals surface area contributed by atoms with Crippen molar-refractivity contribution in [2.75, 3.05) is 74.7 Å². The number of rotatable bonds is 18. The lowest BCUT2D eigenvalue weighted by atomic mass is 9.88. The van der Waals surface area contributed by atoms with Crippen LogP contribution in [0.1, 0.15) is 46.7 Å². The Bertz CT molecular complexity index is 1380. The maximum absolute atomic E-state index is 12.1. The highest BCUT2D eigenvalue weighted by Gasteiger charge is 2.18. The highest BCUT2D eigenvalue weighted by molar-refractivity contribution is 5.94. The van der Waals surface area contributed by atoms with Crippen LogP contribution in [0.4, 0.5) is 17.8 Å². The molecule has 0 aliphatic carbocycles. The average molecular weight is 610 g/mol. The monoisotopic (exact) mass is 609 g/mol. The normalized spacial score (nSPS) is 12.8. The summed E-state index contributed by atoms with van der Waals surface area (Å²) in [7, 11) is 0. The molecular weight excluding hydrogens is 566 g/mol. The van der Waals surface area contributed by atoms with E-state index in [1.165, 1.54) is 11.1 Å². The van der Waals surface area contributed by atoms with Gasteiger partial charge in [0.2, 0.25) is 17.8 Å². The van der Waals surface area contributed by atoms with Crippen molar-refractivity contribution in [3.63, 3.8) is 0 Å². The maximum Gasteiger partial charge on any atom is 0.251 e. The predicted octanol–water partition coefficient (Wildman–Crippen LogP) is 4.98. The van der Waals surface area contributed by atoms with E-state index >= 15 is 0 Å². The minimum atomic E-state index is -0.102. The lowest BCUT2D eigenvalue weighted by Gasteiger charge is -2.20. The molecule has 5 rings (SSSR count). The van der Waals surface area contributed by atoms with Crippen molar-refractivity contribution in [3.05, 3.63) is 108 Å². The van der Waals surface area contributed by atoms with Gasteiger partial charge in [-0.3, -0.25) is 4.79 Å². The van der Waals surface area contributed by atoms with Gasteiger partial charge in [0, 0.05) is 44.2 Å². The third-order valence-electron chi connectivity index (χ3n) is 7.60.